The van der Waals surface area contributed by atoms with Gasteiger partial charge in [-0.25, -0.2) is 0 Å². The highest BCUT2D eigenvalue weighted by Gasteiger charge is 2.21. The first-order chi connectivity index (χ1) is 11.1. The molecule has 0 N–H and O–H groups in total. The summed E-state index contributed by atoms with van der Waals surface area (Å²) < 4.78 is 0. The average molecular weight is 307 g/mol. The van der Waals surface area contributed by atoms with Gasteiger partial charge in [0.2, 0.25) is 0 Å². The van der Waals surface area contributed by atoms with E-state index in [0.717, 1.165) is 24.7 Å². The molecule has 122 valence electrons. The Balaban J connectivity index is 1.59. The van der Waals surface area contributed by atoms with Gasteiger partial charge < -0.3 is 4.90 Å². The summed E-state index contributed by atoms with van der Waals surface area (Å²) >= 11 is 0. The molecule has 0 bridgehead atoms. The van der Waals surface area contributed by atoms with Crippen molar-refractivity contribution in [2.24, 2.45) is 11.8 Å². The number of hydrogen-bond donors (Lipinski definition) is 0. The molecule has 2 aromatic rings. The van der Waals surface area contributed by atoms with Crippen LogP contribution >= 0.6 is 0 Å². The van der Waals surface area contributed by atoms with Crippen molar-refractivity contribution in [3.8, 4) is 0 Å². The summed E-state index contributed by atoms with van der Waals surface area (Å²) in [6.07, 6.45) is 3.61. The van der Waals surface area contributed by atoms with Crippen molar-refractivity contribution in [2.45, 2.75) is 40.0 Å². The minimum atomic E-state index is 0.806. The standard InChI is InChI=1S/C22H29N/c1-17-4-6-20(7-5-17)8-9-21-10-12-22(13-11-21)23-15-18(2)14-19(3)16-23/h4-7,10-13,18-19H,8-9,14-16H2,1-3H3/t18-,19-/m1/s1. The van der Waals surface area contributed by atoms with Gasteiger partial charge in [0.25, 0.3) is 0 Å². The summed E-state index contributed by atoms with van der Waals surface area (Å²) in [6, 6.07) is 18.2. The Kier molecular flexibility index (Phi) is 5.05. The zero-order chi connectivity index (χ0) is 16.2. The zero-order valence-electron chi connectivity index (χ0n) is 14.8. The molecule has 0 spiro atoms. The Morgan fingerprint density at radius 3 is 1.78 bits per heavy atom. The van der Waals surface area contributed by atoms with Gasteiger partial charge >= 0.3 is 0 Å². The normalized spacial score (nSPS) is 21.4. The predicted octanol–water partition coefficient (Wildman–Crippen LogP) is 5.26. The van der Waals surface area contributed by atoms with Crippen molar-refractivity contribution in [3.05, 3.63) is 65.2 Å². The van der Waals surface area contributed by atoms with Crippen LogP contribution in [0.1, 0.15) is 37.0 Å². The van der Waals surface area contributed by atoms with Crippen LogP contribution in [0, 0.1) is 18.8 Å². The zero-order valence-corrected chi connectivity index (χ0v) is 14.8. The molecular formula is C22H29N. The lowest BCUT2D eigenvalue weighted by Crippen LogP contribution is -2.38. The number of aryl methyl sites for hydroxylation is 3. The van der Waals surface area contributed by atoms with Gasteiger partial charge in [-0.05, 0) is 61.3 Å². The second-order valence-electron chi connectivity index (χ2n) is 7.50. The molecule has 0 unspecified atom stereocenters. The van der Waals surface area contributed by atoms with Gasteiger partial charge in [-0.15, -0.1) is 0 Å². The molecule has 1 saturated heterocycles. The lowest BCUT2D eigenvalue weighted by molar-refractivity contribution is 0.357. The van der Waals surface area contributed by atoms with Crippen molar-refractivity contribution >= 4 is 5.69 Å². The molecule has 2 atom stereocenters. The summed E-state index contributed by atoms with van der Waals surface area (Å²) in [5.41, 5.74) is 5.59. The fourth-order valence-electron chi connectivity index (χ4n) is 3.79. The van der Waals surface area contributed by atoms with Gasteiger partial charge in [-0.1, -0.05) is 55.8 Å². The van der Waals surface area contributed by atoms with Crippen LogP contribution in [0.15, 0.2) is 48.5 Å². The number of piperidine rings is 1. The van der Waals surface area contributed by atoms with Gasteiger partial charge in [0.1, 0.15) is 0 Å². The largest absolute Gasteiger partial charge is 0.371 e. The van der Waals surface area contributed by atoms with E-state index in [1.165, 1.54) is 41.9 Å². The van der Waals surface area contributed by atoms with E-state index in [2.05, 4.69) is 74.2 Å². The first-order valence-corrected chi connectivity index (χ1v) is 8.99. The Morgan fingerprint density at radius 2 is 1.26 bits per heavy atom. The van der Waals surface area contributed by atoms with E-state index in [4.69, 9.17) is 0 Å². The number of benzene rings is 2. The van der Waals surface area contributed by atoms with Gasteiger partial charge in [0, 0.05) is 18.8 Å². The molecule has 0 aromatic heterocycles. The van der Waals surface area contributed by atoms with Crippen molar-refractivity contribution in [3.63, 3.8) is 0 Å². The van der Waals surface area contributed by atoms with Crippen LogP contribution in [-0.4, -0.2) is 13.1 Å². The smallest absolute Gasteiger partial charge is 0.0366 e. The highest BCUT2D eigenvalue weighted by molar-refractivity contribution is 5.48. The lowest BCUT2D eigenvalue weighted by Gasteiger charge is -2.36. The minimum Gasteiger partial charge on any atom is -0.371 e. The average Bonchev–Trinajstić information content (AvgIpc) is 2.54. The molecule has 0 radical (unpaired) electrons. The molecule has 23 heavy (non-hydrogen) atoms. The van der Waals surface area contributed by atoms with Crippen LogP contribution in [0.2, 0.25) is 0 Å². The van der Waals surface area contributed by atoms with Crippen LogP contribution in [0.5, 0.6) is 0 Å². The molecule has 0 amide bonds. The molecule has 1 aliphatic rings. The highest BCUT2D eigenvalue weighted by Crippen LogP contribution is 2.26. The molecule has 1 heterocycles. The fraction of sp³-hybridized carbons (Fsp3) is 0.455. The molecule has 2 aromatic carbocycles. The summed E-state index contributed by atoms with van der Waals surface area (Å²) in [6.45, 7) is 9.29. The van der Waals surface area contributed by atoms with E-state index in [-0.39, 0.29) is 0 Å². The second kappa shape index (κ2) is 7.21. The van der Waals surface area contributed by atoms with Crippen LogP contribution in [0.3, 0.4) is 0 Å². The molecule has 1 fully saturated rings. The third kappa shape index (κ3) is 4.37. The van der Waals surface area contributed by atoms with E-state index >= 15 is 0 Å². The van der Waals surface area contributed by atoms with Crippen LogP contribution < -0.4 is 4.90 Å². The fourth-order valence-corrected chi connectivity index (χ4v) is 3.79. The first kappa shape index (κ1) is 16.1. The molecule has 1 heteroatoms. The Bertz CT molecular complexity index is 601. The third-order valence-electron chi connectivity index (χ3n) is 4.99. The van der Waals surface area contributed by atoms with Crippen molar-refractivity contribution in [1.82, 2.24) is 0 Å². The second-order valence-corrected chi connectivity index (χ2v) is 7.50. The SMILES string of the molecule is Cc1ccc(CCc2ccc(N3C[C@H](C)C[C@@H](C)C3)cc2)cc1. The van der Waals surface area contributed by atoms with Gasteiger partial charge in [-0.3, -0.25) is 0 Å². The van der Waals surface area contributed by atoms with Gasteiger partial charge in [-0.2, -0.15) is 0 Å². The Morgan fingerprint density at radius 1 is 0.783 bits per heavy atom. The predicted molar refractivity (Wildman–Crippen MR) is 100 cm³/mol. The Hall–Kier alpha value is -1.76. The summed E-state index contributed by atoms with van der Waals surface area (Å²) in [5.74, 6) is 1.61. The van der Waals surface area contributed by atoms with Gasteiger partial charge in [0.05, 0.1) is 0 Å². The molecule has 3 rings (SSSR count). The summed E-state index contributed by atoms with van der Waals surface area (Å²) in [5, 5.41) is 0. The topological polar surface area (TPSA) is 3.24 Å². The van der Waals surface area contributed by atoms with E-state index in [1.54, 1.807) is 0 Å². The first-order valence-electron chi connectivity index (χ1n) is 8.99. The van der Waals surface area contributed by atoms with E-state index in [9.17, 15) is 0 Å². The van der Waals surface area contributed by atoms with Crippen LogP contribution in [-0.2, 0) is 12.8 Å². The number of hydrogen-bond acceptors (Lipinski definition) is 1. The maximum atomic E-state index is 2.56. The maximum Gasteiger partial charge on any atom is 0.0366 e. The molecule has 1 aliphatic heterocycles. The highest BCUT2D eigenvalue weighted by atomic mass is 15.1. The molecular weight excluding hydrogens is 278 g/mol. The number of anilines is 1. The molecule has 0 saturated carbocycles. The van der Waals surface area contributed by atoms with E-state index < -0.39 is 0 Å². The number of rotatable bonds is 4. The van der Waals surface area contributed by atoms with Crippen molar-refractivity contribution in [1.29, 1.82) is 0 Å². The monoisotopic (exact) mass is 307 g/mol. The van der Waals surface area contributed by atoms with Crippen LogP contribution in [0.25, 0.3) is 0 Å². The summed E-state index contributed by atoms with van der Waals surface area (Å²) in [7, 11) is 0. The third-order valence-corrected chi connectivity index (χ3v) is 4.99. The van der Waals surface area contributed by atoms with Crippen molar-refractivity contribution in [2.75, 3.05) is 18.0 Å². The van der Waals surface area contributed by atoms with Crippen LogP contribution in [0.4, 0.5) is 5.69 Å². The molecule has 1 nitrogen and oxygen atoms in total. The quantitative estimate of drug-likeness (QED) is 0.744. The van der Waals surface area contributed by atoms with E-state index in [1.807, 2.05) is 0 Å². The van der Waals surface area contributed by atoms with E-state index in [0.29, 0.717) is 0 Å². The Labute approximate surface area is 141 Å². The maximum absolute atomic E-state index is 2.56. The number of nitrogens with zero attached hydrogens (tertiary/aromatic N) is 1. The minimum absolute atomic E-state index is 0.806. The summed E-state index contributed by atoms with van der Waals surface area (Å²) in [4.78, 5) is 2.56. The molecule has 0 aliphatic carbocycles. The van der Waals surface area contributed by atoms with Crippen molar-refractivity contribution < 1.29 is 0 Å². The van der Waals surface area contributed by atoms with Gasteiger partial charge in [0.15, 0.2) is 0 Å². The lowest BCUT2D eigenvalue weighted by atomic mass is 9.91.